The van der Waals surface area contributed by atoms with E-state index in [1.165, 1.54) is 12.4 Å². The number of likely N-dealkylation sites (tertiary alicyclic amines) is 1. The number of carbonyl (C=O) groups is 1. The van der Waals surface area contributed by atoms with Crippen LogP contribution in [0.1, 0.15) is 18.5 Å². The molecule has 0 radical (unpaired) electrons. The van der Waals surface area contributed by atoms with Crippen LogP contribution in [-0.2, 0) is 0 Å². The number of fused-ring (bicyclic) bond motifs is 1. The lowest BCUT2D eigenvalue weighted by Crippen LogP contribution is -2.46. The van der Waals surface area contributed by atoms with E-state index >= 15 is 0 Å². The van der Waals surface area contributed by atoms with E-state index in [1.807, 2.05) is 48.5 Å². The van der Waals surface area contributed by atoms with Gasteiger partial charge in [-0.2, -0.15) is 5.26 Å². The number of nitrogens with zero attached hydrogens (tertiary/aromatic N) is 4. The molecule has 1 atom stereocenters. The largest absolute Gasteiger partial charge is 0.470 e. The highest BCUT2D eigenvalue weighted by atomic mass is 16.5. The Kier molecular flexibility index (Phi) is 5.02. The molecule has 4 rings (SSSR count). The number of urea groups is 1. The monoisotopic (exact) mass is 373 g/mol. The summed E-state index contributed by atoms with van der Waals surface area (Å²) >= 11 is 0. The summed E-state index contributed by atoms with van der Waals surface area (Å²) < 4.78 is 5.86. The van der Waals surface area contributed by atoms with Gasteiger partial charge in [0.15, 0.2) is 0 Å². The van der Waals surface area contributed by atoms with Gasteiger partial charge in [-0.25, -0.2) is 14.8 Å². The molecule has 0 saturated carbocycles. The first-order valence-corrected chi connectivity index (χ1v) is 9.16. The molecule has 1 saturated heterocycles. The van der Waals surface area contributed by atoms with Crippen molar-refractivity contribution in [2.45, 2.75) is 18.9 Å². The van der Waals surface area contributed by atoms with Crippen LogP contribution in [0.15, 0.2) is 54.9 Å². The number of benzene rings is 2. The lowest BCUT2D eigenvalue weighted by molar-refractivity contribution is 0.102. The topological polar surface area (TPSA) is 91.1 Å². The summed E-state index contributed by atoms with van der Waals surface area (Å²) in [6.45, 7) is 1.08. The van der Waals surface area contributed by atoms with Crippen LogP contribution < -0.4 is 10.1 Å². The zero-order valence-electron chi connectivity index (χ0n) is 15.2. The van der Waals surface area contributed by atoms with Crippen LogP contribution in [-0.4, -0.2) is 40.1 Å². The second-order valence-electron chi connectivity index (χ2n) is 6.61. The maximum atomic E-state index is 12.8. The predicted molar refractivity (Wildman–Crippen MR) is 105 cm³/mol. The van der Waals surface area contributed by atoms with Gasteiger partial charge in [-0.1, -0.05) is 36.4 Å². The fourth-order valence-electron chi connectivity index (χ4n) is 3.39. The van der Waals surface area contributed by atoms with Crippen LogP contribution in [0.25, 0.3) is 10.8 Å². The highest BCUT2D eigenvalue weighted by Crippen LogP contribution is 2.24. The molecule has 7 nitrogen and oxygen atoms in total. The molecule has 3 aromatic rings. The third-order valence-corrected chi connectivity index (χ3v) is 4.75. The Bertz CT molecular complexity index is 1040. The SMILES string of the molecule is N#Cc1nccnc1OC1CCCN(C(=O)Nc2cccc3ccccc23)C1. The normalized spacial score (nSPS) is 16.4. The summed E-state index contributed by atoms with van der Waals surface area (Å²) in [5, 5.41) is 14.2. The number of hydrogen-bond acceptors (Lipinski definition) is 5. The van der Waals surface area contributed by atoms with Crippen LogP contribution in [0.3, 0.4) is 0 Å². The standard InChI is InChI=1S/C21H19N5O2/c22-13-19-20(24-11-10-23-19)28-16-7-4-12-26(14-16)21(27)25-18-9-3-6-15-5-1-2-8-17(15)18/h1-3,5-6,8-11,16H,4,7,12,14H2,(H,25,27). The molecule has 2 heterocycles. The molecule has 140 valence electrons. The summed E-state index contributed by atoms with van der Waals surface area (Å²) in [6, 6.07) is 15.6. The third-order valence-electron chi connectivity index (χ3n) is 4.75. The second-order valence-corrected chi connectivity index (χ2v) is 6.61. The average molecular weight is 373 g/mol. The fourth-order valence-corrected chi connectivity index (χ4v) is 3.39. The first kappa shape index (κ1) is 17.7. The lowest BCUT2D eigenvalue weighted by Gasteiger charge is -2.32. The van der Waals surface area contributed by atoms with Crippen molar-refractivity contribution in [3.8, 4) is 11.9 Å². The van der Waals surface area contributed by atoms with Gasteiger partial charge in [-0.05, 0) is 24.3 Å². The summed E-state index contributed by atoms with van der Waals surface area (Å²) in [5.41, 5.74) is 0.937. The highest BCUT2D eigenvalue weighted by molar-refractivity contribution is 6.01. The Balaban J connectivity index is 1.45. The molecule has 28 heavy (non-hydrogen) atoms. The molecule has 0 aliphatic carbocycles. The zero-order valence-corrected chi connectivity index (χ0v) is 15.2. The Morgan fingerprint density at radius 2 is 2.00 bits per heavy atom. The minimum absolute atomic E-state index is 0.153. The van der Waals surface area contributed by atoms with Gasteiger partial charge in [0, 0.05) is 24.3 Å². The number of aromatic nitrogens is 2. The van der Waals surface area contributed by atoms with E-state index in [0.29, 0.717) is 13.1 Å². The maximum Gasteiger partial charge on any atom is 0.321 e. The minimum atomic E-state index is -0.226. The molecule has 0 spiro atoms. The van der Waals surface area contributed by atoms with Crippen molar-refractivity contribution in [1.82, 2.24) is 14.9 Å². The fraction of sp³-hybridized carbons (Fsp3) is 0.238. The van der Waals surface area contributed by atoms with Crippen molar-refractivity contribution < 1.29 is 9.53 Å². The van der Waals surface area contributed by atoms with Crippen LogP contribution in [0.2, 0.25) is 0 Å². The maximum absolute atomic E-state index is 12.8. The number of hydrogen-bond donors (Lipinski definition) is 1. The number of amides is 2. The molecular formula is C21H19N5O2. The molecule has 0 bridgehead atoms. The van der Waals surface area contributed by atoms with Crippen molar-refractivity contribution in [1.29, 1.82) is 5.26 Å². The van der Waals surface area contributed by atoms with Crippen LogP contribution >= 0.6 is 0 Å². The van der Waals surface area contributed by atoms with Crippen molar-refractivity contribution >= 4 is 22.5 Å². The van der Waals surface area contributed by atoms with E-state index in [2.05, 4.69) is 15.3 Å². The van der Waals surface area contributed by atoms with Gasteiger partial charge < -0.3 is 15.0 Å². The van der Waals surface area contributed by atoms with E-state index in [9.17, 15) is 4.79 Å². The third kappa shape index (κ3) is 3.71. The average Bonchev–Trinajstić information content (AvgIpc) is 2.74. The summed E-state index contributed by atoms with van der Waals surface area (Å²) in [7, 11) is 0. The quantitative estimate of drug-likeness (QED) is 0.758. The molecule has 1 aliphatic heterocycles. The highest BCUT2D eigenvalue weighted by Gasteiger charge is 2.26. The Morgan fingerprint density at radius 3 is 2.89 bits per heavy atom. The molecule has 1 fully saturated rings. The van der Waals surface area contributed by atoms with E-state index in [-0.39, 0.29) is 23.7 Å². The molecular weight excluding hydrogens is 354 g/mol. The summed E-state index contributed by atoms with van der Waals surface area (Å²) in [5.74, 6) is 0.214. The minimum Gasteiger partial charge on any atom is -0.470 e. The Labute approximate surface area is 162 Å². The van der Waals surface area contributed by atoms with Gasteiger partial charge in [-0.3, -0.25) is 0 Å². The molecule has 7 heteroatoms. The molecule has 2 amide bonds. The van der Waals surface area contributed by atoms with Gasteiger partial charge in [-0.15, -0.1) is 0 Å². The number of piperidine rings is 1. The number of nitrogens with one attached hydrogen (secondary N) is 1. The van der Waals surface area contributed by atoms with Gasteiger partial charge in [0.2, 0.25) is 5.69 Å². The molecule has 2 aromatic carbocycles. The molecule has 1 aromatic heterocycles. The molecule has 1 N–H and O–H groups in total. The van der Waals surface area contributed by atoms with Gasteiger partial charge in [0.05, 0.1) is 12.2 Å². The van der Waals surface area contributed by atoms with Crippen molar-refractivity contribution in [3.05, 3.63) is 60.6 Å². The van der Waals surface area contributed by atoms with Crippen molar-refractivity contribution in [2.75, 3.05) is 18.4 Å². The number of carbonyl (C=O) groups excluding carboxylic acids is 1. The van der Waals surface area contributed by atoms with Gasteiger partial charge >= 0.3 is 6.03 Å². The van der Waals surface area contributed by atoms with Gasteiger partial charge in [0.1, 0.15) is 12.2 Å². The van der Waals surface area contributed by atoms with Gasteiger partial charge in [0.25, 0.3) is 5.88 Å². The number of nitriles is 1. The van der Waals surface area contributed by atoms with Crippen molar-refractivity contribution in [2.24, 2.45) is 0 Å². The molecule has 1 aliphatic rings. The second kappa shape index (κ2) is 7.92. The van der Waals surface area contributed by atoms with E-state index < -0.39 is 0 Å². The number of rotatable bonds is 3. The first-order valence-electron chi connectivity index (χ1n) is 9.16. The molecule has 1 unspecified atom stereocenters. The van der Waals surface area contributed by atoms with Crippen LogP contribution in [0.4, 0.5) is 10.5 Å². The van der Waals surface area contributed by atoms with Crippen molar-refractivity contribution in [3.63, 3.8) is 0 Å². The van der Waals surface area contributed by atoms with Crippen LogP contribution in [0, 0.1) is 11.3 Å². The van der Waals surface area contributed by atoms with E-state index in [4.69, 9.17) is 10.00 Å². The first-order chi connectivity index (χ1) is 13.7. The Morgan fingerprint density at radius 1 is 1.18 bits per heavy atom. The summed E-state index contributed by atoms with van der Waals surface area (Å²) in [4.78, 5) is 22.6. The number of ether oxygens (including phenoxy) is 1. The van der Waals surface area contributed by atoms with Crippen LogP contribution in [0.5, 0.6) is 5.88 Å². The smallest absolute Gasteiger partial charge is 0.321 e. The zero-order chi connectivity index (χ0) is 19.3. The Hall–Kier alpha value is -3.66. The summed E-state index contributed by atoms with van der Waals surface area (Å²) in [6.07, 6.45) is 4.32. The lowest BCUT2D eigenvalue weighted by atomic mass is 10.1. The van der Waals surface area contributed by atoms with E-state index in [1.54, 1.807) is 4.90 Å². The van der Waals surface area contributed by atoms with E-state index in [0.717, 1.165) is 29.3 Å². The predicted octanol–water partition coefficient (Wildman–Crippen LogP) is 3.58. The number of anilines is 1.